The van der Waals surface area contributed by atoms with Crippen molar-refractivity contribution in [3.05, 3.63) is 36.0 Å². The van der Waals surface area contributed by atoms with E-state index in [4.69, 9.17) is 9.72 Å². The van der Waals surface area contributed by atoms with Gasteiger partial charge >= 0.3 is 0 Å². The van der Waals surface area contributed by atoms with Crippen LogP contribution in [0, 0.1) is 0 Å². The van der Waals surface area contributed by atoms with Crippen LogP contribution in [0.15, 0.2) is 30.3 Å². The van der Waals surface area contributed by atoms with Crippen LogP contribution >= 0.6 is 0 Å². The third-order valence-electron chi connectivity index (χ3n) is 3.92. The summed E-state index contributed by atoms with van der Waals surface area (Å²) in [7, 11) is 3.86. The molecule has 0 radical (unpaired) electrons. The molecule has 4 nitrogen and oxygen atoms in total. The zero-order valence-corrected chi connectivity index (χ0v) is 12.1. The molecular weight excluding hydrogens is 250 g/mol. The van der Waals surface area contributed by atoms with E-state index < -0.39 is 0 Å². The van der Waals surface area contributed by atoms with E-state index in [0.29, 0.717) is 6.04 Å². The number of likely N-dealkylation sites (N-methyl/N-ethyl adjacent to an activating group) is 1. The van der Waals surface area contributed by atoms with Crippen molar-refractivity contribution in [3.63, 3.8) is 0 Å². The molecule has 1 aliphatic heterocycles. The maximum Gasteiger partial charge on any atom is 0.145 e. The van der Waals surface area contributed by atoms with Crippen molar-refractivity contribution in [2.24, 2.45) is 0 Å². The van der Waals surface area contributed by atoms with E-state index >= 15 is 0 Å². The fraction of sp³-hybridized carbons (Fsp3) is 0.438. The normalized spacial score (nSPS) is 19.6. The van der Waals surface area contributed by atoms with Crippen molar-refractivity contribution in [3.8, 4) is 5.75 Å². The maximum absolute atomic E-state index is 5.38. The number of benzene rings is 1. The minimum atomic E-state index is 0.579. The highest BCUT2D eigenvalue weighted by atomic mass is 16.5. The fourth-order valence-electron chi connectivity index (χ4n) is 2.77. The number of para-hydroxylation sites is 1. The van der Waals surface area contributed by atoms with Crippen molar-refractivity contribution >= 4 is 10.9 Å². The summed E-state index contributed by atoms with van der Waals surface area (Å²) >= 11 is 0. The third-order valence-corrected chi connectivity index (χ3v) is 3.92. The molecule has 0 bridgehead atoms. The number of ether oxygens (including phenoxy) is 1. The van der Waals surface area contributed by atoms with Gasteiger partial charge in [-0.1, -0.05) is 18.2 Å². The summed E-state index contributed by atoms with van der Waals surface area (Å²) in [5, 5.41) is 4.70. The van der Waals surface area contributed by atoms with E-state index in [9.17, 15) is 0 Å². The number of rotatable bonds is 4. The highest BCUT2D eigenvalue weighted by Gasteiger charge is 2.18. The first kappa shape index (κ1) is 13.3. The Labute approximate surface area is 119 Å². The average Bonchev–Trinajstić information content (AvgIpc) is 2.90. The first-order valence-corrected chi connectivity index (χ1v) is 7.11. The van der Waals surface area contributed by atoms with Gasteiger partial charge in [0.05, 0.1) is 12.8 Å². The zero-order valence-electron chi connectivity index (χ0n) is 12.1. The third kappa shape index (κ3) is 2.76. The number of hydrogen-bond acceptors (Lipinski definition) is 4. The van der Waals surface area contributed by atoms with Crippen molar-refractivity contribution in [1.82, 2.24) is 15.2 Å². The van der Waals surface area contributed by atoms with Crippen LogP contribution in [-0.4, -0.2) is 43.2 Å². The number of hydrogen-bond donors (Lipinski definition) is 1. The van der Waals surface area contributed by atoms with Crippen molar-refractivity contribution in [2.45, 2.75) is 19.0 Å². The topological polar surface area (TPSA) is 37.4 Å². The van der Waals surface area contributed by atoms with Crippen LogP contribution in [0.1, 0.15) is 12.1 Å². The summed E-state index contributed by atoms with van der Waals surface area (Å²) in [5.74, 6) is 0.838. The molecule has 3 rings (SSSR count). The lowest BCUT2D eigenvalue weighted by molar-refractivity contribution is 0.397. The Kier molecular flexibility index (Phi) is 3.85. The van der Waals surface area contributed by atoms with Gasteiger partial charge in [-0.3, -0.25) is 0 Å². The first-order valence-electron chi connectivity index (χ1n) is 7.11. The number of methoxy groups -OCH3 is 1. The van der Waals surface area contributed by atoms with Gasteiger partial charge in [0, 0.05) is 24.5 Å². The standard InChI is InChI=1S/C16H21N3O/c1-19-9-8-14(11-19)17-10-13-7-6-12-4-3-5-15(20-2)16(12)18-13/h3-7,14,17H,8-11H2,1-2H3. The van der Waals surface area contributed by atoms with Crippen LogP contribution in [0.5, 0.6) is 5.75 Å². The van der Waals surface area contributed by atoms with Gasteiger partial charge in [-0.2, -0.15) is 0 Å². The Morgan fingerprint density at radius 1 is 1.35 bits per heavy atom. The monoisotopic (exact) mass is 271 g/mol. The van der Waals surface area contributed by atoms with Gasteiger partial charge in [-0.05, 0) is 32.1 Å². The lowest BCUT2D eigenvalue weighted by Crippen LogP contribution is -2.31. The van der Waals surface area contributed by atoms with E-state index in [1.807, 2.05) is 12.1 Å². The Hall–Kier alpha value is -1.65. The summed E-state index contributed by atoms with van der Waals surface area (Å²) in [4.78, 5) is 7.08. The summed E-state index contributed by atoms with van der Waals surface area (Å²) in [5.41, 5.74) is 2.01. The second-order valence-corrected chi connectivity index (χ2v) is 5.46. The van der Waals surface area contributed by atoms with Crippen LogP contribution in [0.4, 0.5) is 0 Å². The highest BCUT2D eigenvalue weighted by Crippen LogP contribution is 2.23. The van der Waals surface area contributed by atoms with E-state index in [1.165, 1.54) is 13.0 Å². The maximum atomic E-state index is 5.38. The molecule has 1 fully saturated rings. The zero-order chi connectivity index (χ0) is 13.9. The summed E-state index contributed by atoms with van der Waals surface area (Å²) in [6.07, 6.45) is 1.22. The van der Waals surface area contributed by atoms with Gasteiger partial charge in [0.25, 0.3) is 0 Å². The van der Waals surface area contributed by atoms with Gasteiger partial charge in [0.15, 0.2) is 0 Å². The molecule has 1 aromatic heterocycles. The minimum Gasteiger partial charge on any atom is -0.494 e. The molecular formula is C16H21N3O. The number of nitrogens with one attached hydrogen (secondary N) is 1. The molecule has 0 aliphatic carbocycles. The summed E-state index contributed by atoms with van der Waals surface area (Å²) < 4.78 is 5.38. The molecule has 106 valence electrons. The largest absolute Gasteiger partial charge is 0.494 e. The molecule has 20 heavy (non-hydrogen) atoms. The van der Waals surface area contributed by atoms with Crippen molar-refractivity contribution < 1.29 is 4.74 Å². The number of aromatic nitrogens is 1. The van der Waals surface area contributed by atoms with Gasteiger partial charge in [0.1, 0.15) is 11.3 Å². The van der Waals surface area contributed by atoms with Crippen LogP contribution in [0.25, 0.3) is 10.9 Å². The van der Waals surface area contributed by atoms with E-state index in [-0.39, 0.29) is 0 Å². The van der Waals surface area contributed by atoms with Gasteiger partial charge in [0.2, 0.25) is 0 Å². The van der Waals surface area contributed by atoms with Gasteiger partial charge in [-0.15, -0.1) is 0 Å². The lowest BCUT2D eigenvalue weighted by atomic mass is 10.2. The molecule has 1 aromatic carbocycles. The van der Waals surface area contributed by atoms with Crippen LogP contribution in [0.3, 0.4) is 0 Å². The molecule has 2 aromatic rings. The number of fused-ring (bicyclic) bond motifs is 1. The molecule has 1 N–H and O–H groups in total. The van der Waals surface area contributed by atoms with E-state index in [2.05, 4.69) is 35.5 Å². The Morgan fingerprint density at radius 2 is 2.25 bits per heavy atom. The van der Waals surface area contributed by atoms with Crippen LogP contribution in [-0.2, 0) is 6.54 Å². The van der Waals surface area contributed by atoms with Crippen LogP contribution in [0.2, 0.25) is 0 Å². The van der Waals surface area contributed by atoms with E-state index in [0.717, 1.165) is 35.4 Å². The molecule has 1 atom stereocenters. The highest BCUT2D eigenvalue weighted by molar-refractivity contribution is 5.84. The van der Waals surface area contributed by atoms with Crippen LogP contribution < -0.4 is 10.1 Å². The molecule has 0 amide bonds. The van der Waals surface area contributed by atoms with E-state index in [1.54, 1.807) is 7.11 Å². The molecule has 1 aliphatic rings. The molecule has 0 saturated carbocycles. The smallest absolute Gasteiger partial charge is 0.145 e. The lowest BCUT2D eigenvalue weighted by Gasteiger charge is -2.13. The Morgan fingerprint density at radius 3 is 3.00 bits per heavy atom. The molecule has 0 spiro atoms. The second kappa shape index (κ2) is 5.77. The minimum absolute atomic E-state index is 0.579. The predicted molar refractivity (Wildman–Crippen MR) is 81.0 cm³/mol. The summed E-state index contributed by atoms with van der Waals surface area (Å²) in [6.45, 7) is 3.11. The van der Waals surface area contributed by atoms with Crippen molar-refractivity contribution in [1.29, 1.82) is 0 Å². The molecule has 2 heterocycles. The average molecular weight is 271 g/mol. The van der Waals surface area contributed by atoms with Gasteiger partial charge < -0.3 is 15.0 Å². The molecule has 4 heteroatoms. The predicted octanol–water partition coefficient (Wildman–Crippen LogP) is 2.04. The second-order valence-electron chi connectivity index (χ2n) is 5.46. The molecule has 1 unspecified atom stereocenters. The summed E-state index contributed by atoms with van der Waals surface area (Å²) in [6, 6.07) is 10.8. The number of likely N-dealkylation sites (tertiary alicyclic amines) is 1. The SMILES string of the molecule is COc1cccc2ccc(CNC3CCN(C)C3)nc12. The number of nitrogens with zero attached hydrogens (tertiary/aromatic N) is 2. The Bertz CT molecular complexity index is 599. The van der Waals surface area contributed by atoms with Crippen molar-refractivity contribution in [2.75, 3.05) is 27.2 Å². The number of pyridine rings is 1. The fourth-order valence-corrected chi connectivity index (χ4v) is 2.77. The Balaban J connectivity index is 1.75. The van der Waals surface area contributed by atoms with Gasteiger partial charge in [-0.25, -0.2) is 4.98 Å². The quantitative estimate of drug-likeness (QED) is 0.923. The first-order chi connectivity index (χ1) is 9.76. The molecule has 1 saturated heterocycles.